The highest BCUT2D eigenvalue weighted by Gasteiger charge is 2.29. The zero-order valence-electron chi connectivity index (χ0n) is 12.4. The standard InChI is InChI=1S/C16H25N3O/c1-3-15(19-10-5-4-7-12(19)2)16(20)18-14-9-6-8-13(17)11-14/h6,8-9,11-12,15H,3-5,7,10,17H2,1-2H3,(H,18,20). The van der Waals surface area contributed by atoms with Gasteiger partial charge in [0, 0.05) is 17.4 Å². The van der Waals surface area contributed by atoms with Crippen LogP contribution in [0.25, 0.3) is 0 Å². The van der Waals surface area contributed by atoms with Gasteiger partial charge in [-0.25, -0.2) is 0 Å². The highest BCUT2D eigenvalue weighted by atomic mass is 16.2. The summed E-state index contributed by atoms with van der Waals surface area (Å²) in [5, 5.41) is 2.99. The van der Waals surface area contributed by atoms with Gasteiger partial charge in [0.05, 0.1) is 6.04 Å². The van der Waals surface area contributed by atoms with Crippen molar-refractivity contribution in [1.82, 2.24) is 4.90 Å². The Morgan fingerprint density at radius 1 is 1.50 bits per heavy atom. The number of nitrogens with zero attached hydrogens (tertiary/aromatic N) is 1. The predicted molar refractivity (Wildman–Crippen MR) is 83.6 cm³/mol. The van der Waals surface area contributed by atoms with Crippen molar-refractivity contribution in [3.63, 3.8) is 0 Å². The number of hydrogen-bond donors (Lipinski definition) is 2. The predicted octanol–water partition coefficient (Wildman–Crippen LogP) is 2.86. The first kappa shape index (κ1) is 14.9. The molecule has 0 aromatic heterocycles. The van der Waals surface area contributed by atoms with Crippen molar-refractivity contribution in [3.05, 3.63) is 24.3 Å². The van der Waals surface area contributed by atoms with Crippen molar-refractivity contribution < 1.29 is 4.79 Å². The van der Waals surface area contributed by atoms with Crippen molar-refractivity contribution in [1.29, 1.82) is 0 Å². The maximum atomic E-state index is 12.5. The Hall–Kier alpha value is -1.55. The number of likely N-dealkylation sites (tertiary alicyclic amines) is 1. The average Bonchev–Trinajstić information content (AvgIpc) is 2.41. The molecule has 1 heterocycles. The van der Waals surface area contributed by atoms with Gasteiger partial charge in [-0.3, -0.25) is 9.69 Å². The van der Waals surface area contributed by atoms with E-state index in [9.17, 15) is 4.79 Å². The molecular weight excluding hydrogens is 250 g/mol. The highest BCUT2D eigenvalue weighted by Crippen LogP contribution is 2.22. The molecule has 1 aliphatic heterocycles. The van der Waals surface area contributed by atoms with Crippen molar-refractivity contribution in [2.24, 2.45) is 0 Å². The Bertz CT molecular complexity index is 461. The number of nitrogens with two attached hydrogens (primary N) is 1. The second-order valence-electron chi connectivity index (χ2n) is 5.62. The number of anilines is 2. The van der Waals surface area contributed by atoms with Crippen LogP contribution in [-0.4, -0.2) is 29.4 Å². The van der Waals surface area contributed by atoms with E-state index < -0.39 is 0 Å². The minimum atomic E-state index is -0.0493. The molecule has 0 saturated carbocycles. The molecule has 1 aromatic carbocycles. The van der Waals surface area contributed by atoms with Gasteiger partial charge in [0.1, 0.15) is 0 Å². The zero-order valence-corrected chi connectivity index (χ0v) is 12.4. The molecule has 1 aliphatic rings. The first-order chi connectivity index (χ1) is 9.61. The lowest BCUT2D eigenvalue weighted by Gasteiger charge is -2.38. The zero-order chi connectivity index (χ0) is 14.5. The van der Waals surface area contributed by atoms with E-state index >= 15 is 0 Å². The highest BCUT2D eigenvalue weighted by molar-refractivity contribution is 5.95. The Kier molecular flexibility index (Phi) is 5.01. The Labute approximate surface area is 121 Å². The lowest BCUT2D eigenvalue weighted by molar-refractivity contribution is -0.122. The van der Waals surface area contributed by atoms with Crippen LogP contribution < -0.4 is 11.1 Å². The minimum Gasteiger partial charge on any atom is -0.399 e. The van der Waals surface area contributed by atoms with Gasteiger partial charge in [-0.1, -0.05) is 19.4 Å². The van der Waals surface area contributed by atoms with E-state index in [1.165, 1.54) is 19.3 Å². The molecule has 3 N–H and O–H groups in total. The van der Waals surface area contributed by atoms with Gasteiger partial charge in [-0.15, -0.1) is 0 Å². The average molecular weight is 275 g/mol. The lowest BCUT2D eigenvalue weighted by Crippen LogP contribution is -2.50. The number of nitrogens with one attached hydrogen (secondary N) is 1. The number of rotatable bonds is 4. The van der Waals surface area contributed by atoms with Crippen molar-refractivity contribution >= 4 is 17.3 Å². The van der Waals surface area contributed by atoms with E-state index in [1.54, 1.807) is 6.07 Å². The van der Waals surface area contributed by atoms with Gasteiger partial charge >= 0.3 is 0 Å². The molecule has 1 fully saturated rings. The van der Waals surface area contributed by atoms with Gasteiger partial charge < -0.3 is 11.1 Å². The largest absolute Gasteiger partial charge is 0.399 e. The number of carbonyl (C=O) groups excluding carboxylic acids is 1. The molecule has 4 nitrogen and oxygen atoms in total. The molecule has 0 aliphatic carbocycles. The maximum Gasteiger partial charge on any atom is 0.241 e. The molecule has 1 saturated heterocycles. The van der Waals surface area contributed by atoms with Gasteiger partial charge in [-0.05, 0) is 50.9 Å². The van der Waals surface area contributed by atoms with Crippen molar-refractivity contribution in [3.8, 4) is 0 Å². The Balaban J connectivity index is 2.05. The van der Waals surface area contributed by atoms with Crippen LogP contribution in [0.1, 0.15) is 39.5 Å². The van der Waals surface area contributed by atoms with Gasteiger partial charge in [-0.2, -0.15) is 0 Å². The van der Waals surface area contributed by atoms with Crippen LogP contribution in [0.4, 0.5) is 11.4 Å². The fourth-order valence-electron chi connectivity index (χ4n) is 3.00. The summed E-state index contributed by atoms with van der Waals surface area (Å²) in [6.07, 6.45) is 4.47. The van der Waals surface area contributed by atoms with Gasteiger partial charge in [0.15, 0.2) is 0 Å². The summed E-state index contributed by atoms with van der Waals surface area (Å²) in [6.45, 7) is 5.31. The summed E-state index contributed by atoms with van der Waals surface area (Å²) in [5.41, 5.74) is 7.19. The van der Waals surface area contributed by atoms with Crippen LogP contribution in [0.3, 0.4) is 0 Å². The van der Waals surface area contributed by atoms with Crippen LogP contribution in [0.2, 0.25) is 0 Å². The van der Waals surface area contributed by atoms with Crippen LogP contribution in [0.5, 0.6) is 0 Å². The summed E-state index contributed by atoms with van der Waals surface area (Å²) in [4.78, 5) is 14.8. The SMILES string of the molecule is CCC(C(=O)Nc1cccc(N)c1)N1CCCCC1C. The Morgan fingerprint density at radius 2 is 2.30 bits per heavy atom. The number of nitrogen functional groups attached to an aromatic ring is 1. The molecule has 2 unspecified atom stereocenters. The molecule has 2 rings (SSSR count). The monoisotopic (exact) mass is 275 g/mol. The number of piperidine rings is 1. The summed E-state index contributed by atoms with van der Waals surface area (Å²) in [7, 11) is 0. The quantitative estimate of drug-likeness (QED) is 0.831. The summed E-state index contributed by atoms with van der Waals surface area (Å²) < 4.78 is 0. The van der Waals surface area contributed by atoms with Gasteiger partial charge in [0.2, 0.25) is 5.91 Å². The second kappa shape index (κ2) is 6.75. The molecule has 1 aromatic rings. The fraction of sp³-hybridized carbons (Fsp3) is 0.562. The molecule has 20 heavy (non-hydrogen) atoms. The van der Waals surface area contributed by atoms with E-state index in [1.807, 2.05) is 18.2 Å². The number of hydrogen-bond acceptors (Lipinski definition) is 3. The molecule has 2 atom stereocenters. The molecular formula is C16H25N3O. The van der Waals surface area contributed by atoms with Crippen LogP contribution >= 0.6 is 0 Å². The normalized spacial score (nSPS) is 21.4. The first-order valence-corrected chi connectivity index (χ1v) is 7.54. The first-order valence-electron chi connectivity index (χ1n) is 7.54. The van der Waals surface area contributed by atoms with Crippen LogP contribution in [0, 0.1) is 0 Å². The lowest BCUT2D eigenvalue weighted by atomic mass is 9.99. The Morgan fingerprint density at radius 3 is 2.95 bits per heavy atom. The maximum absolute atomic E-state index is 12.5. The van der Waals surface area contributed by atoms with Crippen LogP contribution in [0.15, 0.2) is 24.3 Å². The minimum absolute atomic E-state index is 0.0493. The summed E-state index contributed by atoms with van der Waals surface area (Å²) in [6, 6.07) is 7.78. The second-order valence-corrected chi connectivity index (χ2v) is 5.62. The molecule has 0 radical (unpaired) electrons. The van der Waals surface area contributed by atoms with E-state index in [-0.39, 0.29) is 11.9 Å². The summed E-state index contributed by atoms with van der Waals surface area (Å²) in [5.74, 6) is 0.0758. The van der Waals surface area contributed by atoms with Crippen molar-refractivity contribution in [2.45, 2.75) is 51.6 Å². The molecule has 0 bridgehead atoms. The third-order valence-electron chi connectivity index (χ3n) is 4.10. The molecule has 0 spiro atoms. The number of amides is 1. The van der Waals surface area contributed by atoms with Crippen molar-refractivity contribution in [2.75, 3.05) is 17.6 Å². The summed E-state index contributed by atoms with van der Waals surface area (Å²) >= 11 is 0. The third kappa shape index (κ3) is 3.51. The van der Waals surface area contributed by atoms with E-state index in [0.29, 0.717) is 11.7 Å². The van der Waals surface area contributed by atoms with Gasteiger partial charge in [0.25, 0.3) is 0 Å². The van der Waals surface area contributed by atoms with E-state index in [0.717, 1.165) is 18.7 Å². The number of carbonyl (C=O) groups is 1. The number of benzene rings is 1. The van der Waals surface area contributed by atoms with E-state index in [4.69, 9.17) is 5.73 Å². The fourth-order valence-corrected chi connectivity index (χ4v) is 3.00. The van der Waals surface area contributed by atoms with E-state index in [2.05, 4.69) is 24.1 Å². The molecule has 4 heteroatoms. The smallest absolute Gasteiger partial charge is 0.241 e. The molecule has 110 valence electrons. The topological polar surface area (TPSA) is 58.4 Å². The van der Waals surface area contributed by atoms with Crippen LogP contribution in [-0.2, 0) is 4.79 Å². The third-order valence-corrected chi connectivity index (χ3v) is 4.10. The molecule has 1 amide bonds.